The number of carbonyl (C=O) groups is 1. The Labute approximate surface area is 194 Å². The lowest BCUT2D eigenvalue weighted by molar-refractivity contribution is 0.0565. The van der Waals surface area contributed by atoms with Gasteiger partial charge < -0.3 is 14.7 Å². The van der Waals surface area contributed by atoms with Crippen LogP contribution in [0.4, 0.5) is 8.78 Å². The van der Waals surface area contributed by atoms with Gasteiger partial charge in [0.2, 0.25) is 0 Å². The lowest BCUT2D eigenvalue weighted by Gasteiger charge is -2.25. The van der Waals surface area contributed by atoms with Gasteiger partial charge in [0.1, 0.15) is 0 Å². The lowest BCUT2D eigenvalue weighted by Crippen LogP contribution is -2.36. The van der Waals surface area contributed by atoms with Gasteiger partial charge in [0, 0.05) is 44.2 Å². The zero-order valence-corrected chi connectivity index (χ0v) is 18.8. The molecule has 0 aliphatic rings. The minimum absolute atomic E-state index is 0.0957. The van der Waals surface area contributed by atoms with Crippen LogP contribution in [-0.4, -0.2) is 55.1 Å². The number of benzene rings is 1. The normalized spacial score (nSPS) is 12.2. The number of pyridine rings is 1. The molecule has 178 valence electrons. The fourth-order valence-corrected chi connectivity index (χ4v) is 3.62. The van der Waals surface area contributed by atoms with Crippen LogP contribution in [0.3, 0.4) is 0 Å². The third kappa shape index (κ3) is 7.57. The van der Waals surface area contributed by atoms with Gasteiger partial charge in [-0.3, -0.25) is 14.3 Å². The summed E-state index contributed by atoms with van der Waals surface area (Å²) in [6.45, 7) is -2.87. The van der Waals surface area contributed by atoms with Crippen LogP contribution in [0.15, 0.2) is 61.2 Å². The Hall–Kier alpha value is -3.42. The van der Waals surface area contributed by atoms with Crippen LogP contribution in [0.2, 0.25) is 0 Å². The summed E-state index contributed by atoms with van der Waals surface area (Å²) >= 11 is 0. The van der Waals surface area contributed by atoms with Gasteiger partial charge in [-0.2, -0.15) is 13.9 Å². The van der Waals surface area contributed by atoms with Crippen LogP contribution in [0.5, 0.6) is 0 Å². The molecule has 9 nitrogen and oxygen atoms in total. The van der Waals surface area contributed by atoms with Crippen molar-refractivity contribution in [2.24, 2.45) is 0 Å². The summed E-state index contributed by atoms with van der Waals surface area (Å²) in [7, 11) is -3.32. The second-order valence-corrected chi connectivity index (χ2v) is 8.48. The molecule has 1 aromatic carbocycles. The first kappa shape index (κ1) is 25.2. The molecule has 34 heavy (non-hydrogen) atoms. The Morgan fingerprint density at radius 2 is 1.88 bits per heavy atom. The fraction of sp³-hybridized carbons (Fsp3) is 0.227. The summed E-state index contributed by atoms with van der Waals surface area (Å²) in [6.07, 6.45) is 4.26. The van der Waals surface area contributed by atoms with Gasteiger partial charge in [-0.05, 0) is 11.6 Å². The van der Waals surface area contributed by atoms with Crippen molar-refractivity contribution in [3.8, 4) is 11.8 Å². The molecule has 0 saturated carbocycles. The van der Waals surface area contributed by atoms with Gasteiger partial charge in [0.15, 0.2) is 0 Å². The van der Waals surface area contributed by atoms with Crippen LogP contribution in [0.25, 0.3) is 0 Å². The fourth-order valence-electron chi connectivity index (χ4n) is 3.09. The number of hydrogen-bond acceptors (Lipinski definition) is 5. The van der Waals surface area contributed by atoms with Crippen molar-refractivity contribution < 1.29 is 32.5 Å². The van der Waals surface area contributed by atoms with Crippen molar-refractivity contribution in [1.29, 1.82) is 0 Å². The number of hydrogen-bond donors (Lipinski definition) is 2. The molecule has 1 amide bonds. The van der Waals surface area contributed by atoms with Crippen LogP contribution in [-0.2, 0) is 15.5 Å². The predicted molar refractivity (Wildman–Crippen MR) is 118 cm³/mol. The van der Waals surface area contributed by atoms with Gasteiger partial charge in [0.25, 0.3) is 5.91 Å². The number of phosphoric ester groups is 1. The van der Waals surface area contributed by atoms with Crippen molar-refractivity contribution in [1.82, 2.24) is 19.7 Å². The van der Waals surface area contributed by atoms with E-state index >= 15 is 0 Å². The largest absolute Gasteiger partial charge is 0.469 e. The Kier molecular flexibility index (Phi) is 8.26. The highest BCUT2D eigenvalue weighted by Gasteiger charge is 2.25. The Morgan fingerprint density at radius 1 is 1.18 bits per heavy atom. The number of nitrogens with zero attached hydrogens (tertiary/aromatic N) is 4. The summed E-state index contributed by atoms with van der Waals surface area (Å²) in [5.74, 6) is 4.96. The molecule has 0 fully saturated rings. The molecular formula is C22H21F2N4O5P. The molecule has 12 heteroatoms. The molecule has 2 heterocycles. The van der Waals surface area contributed by atoms with E-state index in [1.165, 1.54) is 36.6 Å². The zero-order valence-electron chi connectivity index (χ0n) is 18.0. The Balaban J connectivity index is 1.72. The smallest absolute Gasteiger partial charge is 0.339 e. The van der Waals surface area contributed by atoms with Gasteiger partial charge in [0.05, 0.1) is 23.4 Å². The molecule has 1 unspecified atom stereocenters. The van der Waals surface area contributed by atoms with Crippen molar-refractivity contribution in [3.63, 3.8) is 0 Å². The number of phosphoric acid groups is 1. The van der Waals surface area contributed by atoms with Crippen molar-refractivity contribution in [2.75, 3.05) is 13.6 Å². The molecule has 2 aromatic heterocycles. The average Bonchev–Trinajstić information content (AvgIpc) is 3.26. The van der Waals surface area contributed by atoms with Gasteiger partial charge >= 0.3 is 14.4 Å². The lowest BCUT2D eigenvalue weighted by atomic mass is 10.1. The summed E-state index contributed by atoms with van der Waals surface area (Å²) in [6, 6.07) is 10.4. The molecule has 0 aliphatic carbocycles. The standard InChI is InChI=1S/C22H21F2N4O5P/c1-27(15-20(33-34(30,31)32)10-16-5-3-2-4-6-16)21(29)19-9-17(11-25-13-19)7-8-18-12-26-28(14-18)22(23)24/h2-6,9,11-14,20,22H,10,15H2,1H3,(H2,30,31,32). The number of likely N-dealkylation sites (N-methyl/N-ethyl adjacent to an activating group) is 1. The van der Waals surface area contributed by atoms with Crippen LogP contribution in [0, 0.1) is 11.8 Å². The van der Waals surface area contributed by atoms with E-state index in [0.29, 0.717) is 10.2 Å². The van der Waals surface area contributed by atoms with E-state index in [2.05, 4.69) is 21.9 Å². The summed E-state index contributed by atoms with van der Waals surface area (Å²) in [5, 5.41) is 3.50. The first-order valence-electron chi connectivity index (χ1n) is 9.93. The Morgan fingerprint density at radius 3 is 2.53 bits per heavy atom. The number of halogens is 2. The predicted octanol–water partition coefficient (Wildman–Crippen LogP) is 2.87. The van der Waals surface area contributed by atoms with Gasteiger partial charge in [-0.1, -0.05) is 42.2 Å². The molecular weight excluding hydrogens is 469 g/mol. The molecule has 3 rings (SSSR count). The highest BCUT2D eigenvalue weighted by Crippen LogP contribution is 2.38. The molecule has 2 N–H and O–H groups in total. The minimum atomic E-state index is -4.79. The zero-order chi connectivity index (χ0) is 24.7. The first-order chi connectivity index (χ1) is 16.1. The van der Waals surface area contributed by atoms with E-state index in [-0.39, 0.29) is 24.1 Å². The number of rotatable bonds is 8. The highest BCUT2D eigenvalue weighted by atomic mass is 31.2. The second kappa shape index (κ2) is 11.1. The summed E-state index contributed by atoms with van der Waals surface area (Å²) in [5.41, 5.74) is 1.62. The van der Waals surface area contributed by atoms with Crippen LogP contribution in [0.1, 0.15) is 33.6 Å². The Bertz CT molecular complexity index is 1240. The summed E-state index contributed by atoms with van der Waals surface area (Å²) < 4.78 is 42.0. The number of carbonyl (C=O) groups excluding carboxylic acids is 1. The van der Waals surface area contributed by atoms with E-state index in [1.54, 1.807) is 24.3 Å². The van der Waals surface area contributed by atoms with E-state index in [0.717, 1.165) is 11.8 Å². The highest BCUT2D eigenvalue weighted by molar-refractivity contribution is 7.46. The number of aromatic nitrogens is 3. The van der Waals surface area contributed by atoms with Crippen molar-refractivity contribution in [3.05, 3.63) is 83.4 Å². The SMILES string of the molecule is CN(CC(Cc1ccccc1)OP(=O)(O)O)C(=O)c1cncc(C#Cc2cnn(C(F)F)c2)c1. The van der Waals surface area contributed by atoms with Gasteiger partial charge in [-0.25, -0.2) is 9.25 Å². The maximum Gasteiger partial charge on any atom is 0.469 e. The monoisotopic (exact) mass is 490 g/mol. The quantitative estimate of drug-likeness (QED) is 0.368. The molecule has 0 radical (unpaired) electrons. The molecule has 0 bridgehead atoms. The first-order valence-corrected chi connectivity index (χ1v) is 11.5. The van der Waals surface area contributed by atoms with Crippen LogP contribution < -0.4 is 0 Å². The number of amides is 1. The van der Waals surface area contributed by atoms with E-state index in [9.17, 15) is 27.9 Å². The van der Waals surface area contributed by atoms with Gasteiger partial charge in [-0.15, -0.1) is 0 Å². The van der Waals surface area contributed by atoms with Crippen molar-refractivity contribution >= 4 is 13.7 Å². The molecule has 0 aliphatic heterocycles. The maximum absolute atomic E-state index is 12.9. The molecule has 0 spiro atoms. The third-order valence-corrected chi connectivity index (χ3v) is 5.13. The minimum Gasteiger partial charge on any atom is -0.339 e. The molecule has 3 aromatic rings. The second-order valence-electron chi connectivity index (χ2n) is 7.29. The topological polar surface area (TPSA) is 118 Å². The average molecular weight is 490 g/mol. The van der Waals surface area contributed by atoms with E-state index < -0.39 is 26.4 Å². The van der Waals surface area contributed by atoms with E-state index in [1.807, 2.05) is 6.07 Å². The van der Waals surface area contributed by atoms with Crippen molar-refractivity contribution in [2.45, 2.75) is 19.1 Å². The maximum atomic E-state index is 12.9. The van der Waals surface area contributed by atoms with E-state index in [4.69, 9.17) is 4.52 Å². The molecule has 1 atom stereocenters. The summed E-state index contributed by atoms with van der Waals surface area (Å²) in [4.78, 5) is 36.7. The molecule has 0 saturated heterocycles. The number of alkyl halides is 2. The van der Waals surface area contributed by atoms with Crippen LogP contribution >= 0.6 is 7.82 Å². The third-order valence-electron chi connectivity index (χ3n) is 4.55.